The summed E-state index contributed by atoms with van der Waals surface area (Å²) in [6.07, 6.45) is 1.91. The molecule has 0 radical (unpaired) electrons. The van der Waals surface area contributed by atoms with Gasteiger partial charge in [-0.15, -0.1) is 0 Å². The number of benzene rings is 1. The third-order valence-corrected chi connectivity index (χ3v) is 7.07. The number of nitrogens with zero attached hydrogens (tertiary/aromatic N) is 2. The van der Waals surface area contributed by atoms with E-state index in [-0.39, 0.29) is 29.8 Å². The van der Waals surface area contributed by atoms with Crippen LogP contribution in [0.1, 0.15) is 32.6 Å². The Morgan fingerprint density at radius 1 is 1.25 bits per heavy atom. The number of sulfonamides is 1. The Balaban J connectivity index is 1.69. The molecule has 2 aliphatic rings. The van der Waals surface area contributed by atoms with Crippen LogP contribution in [0.3, 0.4) is 0 Å². The maximum atomic E-state index is 13.0. The van der Waals surface area contributed by atoms with Crippen molar-refractivity contribution in [2.45, 2.75) is 43.6 Å². The topological polar surface area (TPSA) is 107 Å². The summed E-state index contributed by atoms with van der Waals surface area (Å²) in [7, 11) is -3.71. The molecule has 0 saturated carbocycles. The third-order valence-electron chi connectivity index (χ3n) is 5.19. The molecular weight excluding hydrogens is 382 g/mol. The first-order valence-corrected chi connectivity index (χ1v) is 11.1. The molecule has 1 aromatic carbocycles. The summed E-state index contributed by atoms with van der Waals surface area (Å²) in [6.45, 7) is 2.88. The highest BCUT2D eigenvalue weighted by atomic mass is 32.2. The van der Waals surface area contributed by atoms with E-state index in [9.17, 15) is 23.1 Å². The Bertz CT molecular complexity index is 822. The minimum absolute atomic E-state index is 0.0534. The fourth-order valence-electron chi connectivity index (χ4n) is 3.64. The van der Waals surface area contributed by atoms with E-state index >= 15 is 0 Å². The number of hydrogen-bond donors (Lipinski definition) is 2. The van der Waals surface area contributed by atoms with E-state index in [1.807, 2.05) is 0 Å². The Labute approximate surface area is 165 Å². The number of anilines is 1. The number of aliphatic hydroxyl groups excluding tert-OH is 1. The lowest BCUT2D eigenvalue weighted by molar-refractivity contribution is -0.126. The molecule has 3 rings (SSSR count). The molecule has 0 bridgehead atoms. The molecule has 0 aliphatic carbocycles. The molecule has 2 atom stereocenters. The first-order chi connectivity index (χ1) is 13.3. The van der Waals surface area contributed by atoms with Crippen LogP contribution < -0.4 is 10.2 Å². The highest BCUT2D eigenvalue weighted by molar-refractivity contribution is 7.89. The number of rotatable bonds is 6. The molecule has 0 aromatic heterocycles. The summed E-state index contributed by atoms with van der Waals surface area (Å²) in [4.78, 5) is 25.9. The van der Waals surface area contributed by atoms with Crippen molar-refractivity contribution in [2.75, 3.05) is 31.1 Å². The van der Waals surface area contributed by atoms with E-state index in [1.54, 1.807) is 24.0 Å². The van der Waals surface area contributed by atoms with E-state index in [2.05, 4.69) is 5.32 Å². The molecule has 9 heteroatoms. The van der Waals surface area contributed by atoms with Crippen LogP contribution in [0, 0.1) is 5.92 Å². The number of nitrogens with one attached hydrogen (secondary N) is 1. The van der Waals surface area contributed by atoms with Crippen molar-refractivity contribution in [3.8, 4) is 0 Å². The van der Waals surface area contributed by atoms with Gasteiger partial charge in [-0.1, -0.05) is 0 Å². The summed E-state index contributed by atoms with van der Waals surface area (Å²) >= 11 is 0. The van der Waals surface area contributed by atoms with Gasteiger partial charge in [0.1, 0.15) is 0 Å². The zero-order valence-electron chi connectivity index (χ0n) is 16.0. The van der Waals surface area contributed by atoms with Crippen molar-refractivity contribution in [1.29, 1.82) is 0 Å². The Morgan fingerprint density at radius 2 is 1.96 bits per heavy atom. The molecule has 2 heterocycles. The third kappa shape index (κ3) is 4.53. The fraction of sp³-hybridized carbons (Fsp3) is 0.579. The molecule has 1 aromatic rings. The normalized spacial score (nSPS) is 22.3. The van der Waals surface area contributed by atoms with Gasteiger partial charge >= 0.3 is 0 Å². The Kier molecular flexibility index (Phi) is 6.36. The highest BCUT2D eigenvalue weighted by Gasteiger charge is 2.33. The van der Waals surface area contributed by atoms with Gasteiger partial charge in [-0.05, 0) is 50.5 Å². The van der Waals surface area contributed by atoms with Crippen molar-refractivity contribution in [1.82, 2.24) is 9.62 Å². The smallest absolute Gasteiger partial charge is 0.243 e. The minimum Gasteiger partial charge on any atom is -0.392 e. The number of carbonyl (C=O) groups excluding carboxylic acids is 2. The van der Waals surface area contributed by atoms with Crippen LogP contribution in [0.25, 0.3) is 0 Å². The maximum Gasteiger partial charge on any atom is 0.243 e. The molecule has 2 N–H and O–H groups in total. The van der Waals surface area contributed by atoms with E-state index in [0.29, 0.717) is 38.0 Å². The van der Waals surface area contributed by atoms with E-state index < -0.39 is 22.0 Å². The predicted molar refractivity (Wildman–Crippen MR) is 104 cm³/mol. The Hall–Kier alpha value is -1.97. The molecule has 0 spiro atoms. The van der Waals surface area contributed by atoms with Crippen LogP contribution in [0.4, 0.5) is 5.69 Å². The molecule has 8 nitrogen and oxygen atoms in total. The molecule has 2 fully saturated rings. The van der Waals surface area contributed by atoms with Crippen LogP contribution in [0.2, 0.25) is 0 Å². The van der Waals surface area contributed by atoms with Crippen molar-refractivity contribution in [2.24, 2.45) is 5.92 Å². The quantitative estimate of drug-likeness (QED) is 0.720. The summed E-state index contributed by atoms with van der Waals surface area (Å²) in [6, 6.07) is 6.36. The molecular formula is C19H27N3O5S. The average Bonchev–Trinajstić information content (AvgIpc) is 3.12. The van der Waals surface area contributed by atoms with E-state index in [1.165, 1.54) is 16.4 Å². The second kappa shape index (κ2) is 8.59. The fourth-order valence-corrected chi connectivity index (χ4v) is 5.16. The van der Waals surface area contributed by atoms with E-state index in [4.69, 9.17) is 0 Å². The number of amides is 2. The lowest BCUT2D eigenvalue weighted by Gasteiger charge is -2.31. The molecule has 154 valence electrons. The average molecular weight is 410 g/mol. The molecule has 0 unspecified atom stereocenters. The summed E-state index contributed by atoms with van der Waals surface area (Å²) in [5.74, 6) is -0.606. The monoisotopic (exact) mass is 409 g/mol. The van der Waals surface area contributed by atoms with Crippen molar-refractivity contribution < 1.29 is 23.1 Å². The van der Waals surface area contributed by atoms with Crippen LogP contribution in [0.5, 0.6) is 0 Å². The SMILES string of the molecule is C[C@H](O)CNC(=O)[C@H]1CCCN(S(=O)(=O)c2ccc(N3CCCC3=O)cc2)C1. The van der Waals surface area contributed by atoms with Crippen LogP contribution >= 0.6 is 0 Å². The van der Waals surface area contributed by atoms with Crippen molar-refractivity contribution in [3.63, 3.8) is 0 Å². The molecule has 2 saturated heterocycles. The second-order valence-corrected chi connectivity index (χ2v) is 9.38. The van der Waals surface area contributed by atoms with Crippen LogP contribution in [0.15, 0.2) is 29.2 Å². The zero-order valence-corrected chi connectivity index (χ0v) is 16.8. The van der Waals surface area contributed by atoms with Crippen molar-refractivity contribution in [3.05, 3.63) is 24.3 Å². The van der Waals surface area contributed by atoms with Gasteiger partial charge in [0.2, 0.25) is 21.8 Å². The first kappa shape index (κ1) is 20.8. The van der Waals surface area contributed by atoms with Gasteiger partial charge in [0.25, 0.3) is 0 Å². The standard InChI is InChI=1S/C19H27N3O5S/c1-14(23)12-20-19(25)15-4-2-10-21(13-15)28(26,27)17-8-6-16(7-9-17)22-11-3-5-18(22)24/h6-9,14-15,23H,2-5,10-13H2,1H3,(H,20,25)/t14-,15-/m0/s1. The van der Waals surface area contributed by atoms with Crippen LogP contribution in [-0.2, 0) is 19.6 Å². The molecule has 28 heavy (non-hydrogen) atoms. The predicted octanol–water partition coefficient (Wildman–Crippen LogP) is 0.711. The summed E-state index contributed by atoms with van der Waals surface area (Å²) < 4.78 is 27.3. The number of piperidine rings is 1. The summed E-state index contributed by atoms with van der Waals surface area (Å²) in [5, 5.41) is 12.0. The lowest BCUT2D eigenvalue weighted by Crippen LogP contribution is -2.46. The lowest BCUT2D eigenvalue weighted by atomic mass is 9.99. The Morgan fingerprint density at radius 3 is 2.57 bits per heavy atom. The van der Waals surface area contributed by atoms with Crippen LogP contribution in [-0.4, -0.2) is 61.9 Å². The van der Waals surface area contributed by atoms with Gasteiger partial charge in [0.15, 0.2) is 0 Å². The summed E-state index contributed by atoms with van der Waals surface area (Å²) in [5.41, 5.74) is 0.704. The zero-order chi connectivity index (χ0) is 20.3. The van der Waals surface area contributed by atoms with Gasteiger partial charge in [0.05, 0.1) is 16.9 Å². The van der Waals surface area contributed by atoms with Gasteiger partial charge in [-0.2, -0.15) is 4.31 Å². The second-order valence-electron chi connectivity index (χ2n) is 7.44. The maximum absolute atomic E-state index is 13.0. The van der Waals surface area contributed by atoms with Gasteiger partial charge in [-0.25, -0.2) is 8.42 Å². The number of carbonyl (C=O) groups is 2. The van der Waals surface area contributed by atoms with Gasteiger partial charge in [0, 0.05) is 38.3 Å². The molecule has 2 aliphatic heterocycles. The largest absolute Gasteiger partial charge is 0.392 e. The highest BCUT2D eigenvalue weighted by Crippen LogP contribution is 2.27. The van der Waals surface area contributed by atoms with Gasteiger partial charge in [-0.3, -0.25) is 9.59 Å². The minimum atomic E-state index is -3.71. The number of hydrogen-bond acceptors (Lipinski definition) is 5. The van der Waals surface area contributed by atoms with Crippen molar-refractivity contribution >= 4 is 27.5 Å². The van der Waals surface area contributed by atoms with Gasteiger partial charge < -0.3 is 15.3 Å². The van der Waals surface area contributed by atoms with E-state index in [0.717, 1.165) is 6.42 Å². The number of aliphatic hydroxyl groups is 1. The first-order valence-electron chi connectivity index (χ1n) is 9.65. The molecule has 2 amide bonds.